The minimum atomic E-state index is -5.35. The van der Waals surface area contributed by atoms with Gasteiger partial charge in [-0.2, -0.15) is 18.3 Å². The fourth-order valence-corrected chi connectivity index (χ4v) is 4.22. The molecule has 1 aliphatic rings. The number of benzene rings is 1. The molecule has 0 bridgehead atoms. The first-order valence-electron chi connectivity index (χ1n) is 12.1. The number of amides is 2. The number of nitrogens with zero attached hydrogens (tertiary/aromatic N) is 6. The number of hydrogen-bond acceptors (Lipinski definition) is 7. The number of aromatic amines is 2. The second kappa shape index (κ2) is 10.8. The van der Waals surface area contributed by atoms with Gasteiger partial charge in [-0.15, -0.1) is 5.06 Å². The predicted octanol–water partition coefficient (Wildman–Crippen LogP) is 3.52. The highest BCUT2D eigenvalue weighted by Crippen LogP contribution is 2.33. The molecule has 0 unspecified atom stereocenters. The molecule has 38 heavy (non-hydrogen) atoms. The number of likely N-dealkylation sites (N-methyl/N-ethyl adjacent to an activating group) is 1. The van der Waals surface area contributed by atoms with E-state index in [0.717, 1.165) is 25.7 Å². The van der Waals surface area contributed by atoms with Crippen molar-refractivity contribution >= 4 is 34.4 Å². The fourth-order valence-electron chi connectivity index (χ4n) is 4.22. The number of H-pyrrole nitrogens is 2. The number of fused-ring (bicyclic) bond motifs is 1. The number of alkyl halides is 3. The summed E-state index contributed by atoms with van der Waals surface area (Å²) >= 11 is 0. The molecule has 0 spiro atoms. The Hall–Kier alpha value is -3.88. The summed E-state index contributed by atoms with van der Waals surface area (Å²) in [5.41, 5.74) is 0.782. The van der Waals surface area contributed by atoms with Crippen molar-refractivity contribution in [1.29, 1.82) is 0 Å². The van der Waals surface area contributed by atoms with Gasteiger partial charge in [0.05, 0.1) is 22.9 Å². The molecule has 206 valence electrons. The first-order chi connectivity index (χ1) is 18.0. The van der Waals surface area contributed by atoms with E-state index >= 15 is 4.39 Å². The number of urea groups is 1. The van der Waals surface area contributed by atoms with E-state index in [2.05, 4.69) is 29.9 Å². The topological polar surface area (TPSA) is 114 Å². The molecule has 0 aliphatic carbocycles. The van der Waals surface area contributed by atoms with E-state index in [4.69, 9.17) is 0 Å². The van der Waals surface area contributed by atoms with E-state index in [0.29, 0.717) is 29.8 Å². The lowest BCUT2D eigenvalue weighted by Gasteiger charge is -2.27. The van der Waals surface area contributed by atoms with Gasteiger partial charge in [0.25, 0.3) is 0 Å². The van der Waals surface area contributed by atoms with Crippen molar-refractivity contribution in [3.63, 3.8) is 0 Å². The predicted molar refractivity (Wildman–Crippen MR) is 131 cm³/mol. The molecule has 3 heterocycles. The standard InChI is InChI=1S/C23H28F4N8O3/c1-4-33(5-2)22(37)35(38-21(36)23(25,26)27)18-13-28-31-19(18)20-29-15-11-14(24)17(12-16(15)30-20)34-8-6-7-32(3)9-10-34/h11-13H,4-10H2,1-3H3,(H,28,31)(H,29,30). The number of carbonyl (C=O) groups excluding carboxylic acids is 2. The minimum absolute atomic E-state index is 0.0324. The van der Waals surface area contributed by atoms with Gasteiger partial charge in [0.1, 0.15) is 17.2 Å². The smallest absolute Gasteiger partial charge is 0.368 e. The third kappa shape index (κ3) is 5.51. The van der Waals surface area contributed by atoms with Gasteiger partial charge in [0, 0.05) is 38.8 Å². The van der Waals surface area contributed by atoms with Gasteiger partial charge in [0.2, 0.25) is 0 Å². The average Bonchev–Trinajstić information content (AvgIpc) is 3.45. The molecule has 1 aliphatic heterocycles. The maximum atomic E-state index is 15.1. The van der Waals surface area contributed by atoms with Gasteiger partial charge in [-0.25, -0.2) is 19.0 Å². The molecule has 3 aromatic rings. The number of hydroxylamine groups is 1. The van der Waals surface area contributed by atoms with Crippen LogP contribution in [0.5, 0.6) is 0 Å². The van der Waals surface area contributed by atoms with E-state index in [1.807, 2.05) is 11.9 Å². The molecule has 15 heteroatoms. The third-order valence-corrected chi connectivity index (χ3v) is 6.30. The van der Waals surface area contributed by atoms with E-state index in [1.54, 1.807) is 19.9 Å². The SMILES string of the molecule is CCN(CC)C(=O)N(OC(=O)C(F)(F)F)c1cn[nH]c1-c1nc2cc(N3CCCN(C)CC3)c(F)cc2[nH]1. The summed E-state index contributed by atoms with van der Waals surface area (Å²) in [6, 6.07) is 1.87. The Morgan fingerprint density at radius 1 is 1.13 bits per heavy atom. The number of carbonyl (C=O) groups is 2. The van der Waals surface area contributed by atoms with Crippen LogP contribution in [0.2, 0.25) is 0 Å². The largest absolute Gasteiger partial charge is 0.493 e. The highest BCUT2D eigenvalue weighted by atomic mass is 19.4. The Labute approximate surface area is 215 Å². The molecule has 2 N–H and O–H groups in total. The van der Waals surface area contributed by atoms with Crippen molar-refractivity contribution < 1.29 is 32.0 Å². The van der Waals surface area contributed by atoms with E-state index in [-0.39, 0.29) is 35.4 Å². The molecule has 1 saturated heterocycles. The van der Waals surface area contributed by atoms with E-state index in [1.165, 1.54) is 11.0 Å². The van der Waals surface area contributed by atoms with Crippen LogP contribution in [0.3, 0.4) is 0 Å². The van der Waals surface area contributed by atoms with Crippen LogP contribution in [0.1, 0.15) is 20.3 Å². The third-order valence-electron chi connectivity index (χ3n) is 6.30. The first kappa shape index (κ1) is 27.2. The number of hydrogen-bond donors (Lipinski definition) is 2. The summed E-state index contributed by atoms with van der Waals surface area (Å²) in [4.78, 5) is 41.8. The molecule has 0 radical (unpaired) electrons. The number of anilines is 2. The van der Waals surface area contributed by atoms with Crippen molar-refractivity contribution in [2.75, 3.05) is 56.3 Å². The van der Waals surface area contributed by atoms with Crippen LogP contribution in [-0.2, 0) is 9.63 Å². The summed E-state index contributed by atoms with van der Waals surface area (Å²) in [5.74, 6) is -2.98. The van der Waals surface area contributed by atoms with Crippen LogP contribution in [0.25, 0.3) is 22.6 Å². The zero-order valence-corrected chi connectivity index (χ0v) is 21.1. The normalized spacial score (nSPS) is 15.0. The lowest BCUT2D eigenvalue weighted by Crippen LogP contribution is -2.46. The van der Waals surface area contributed by atoms with Crippen LogP contribution < -0.4 is 9.96 Å². The van der Waals surface area contributed by atoms with Crippen molar-refractivity contribution in [1.82, 2.24) is 30.0 Å². The molecule has 1 aromatic carbocycles. The maximum absolute atomic E-state index is 15.1. The molecule has 2 aromatic heterocycles. The van der Waals surface area contributed by atoms with Gasteiger partial charge in [-0.3, -0.25) is 5.10 Å². The van der Waals surface area contributed by atoms with Gasteiger partial charge in [-0.05, 0) is 39.9 Å². The molecule has 0 saturated carbocycles. The number of aromatic nitrogens is 4. The van der Waals surface area contributed by atoms with E-state index in [9.17, 15) is 22.8 Å². The Kier molecular flexibility index (Phi) is 7.76. The van der Waals surface area contributed by atoms with Crippen molar-refractivity contribution in [2.45, 2.75) is 26.4 Å². The van der Waals surface area contributed by atoms with Crippen molar-refractivity contribution in [3.05, 3.63) is 24.1 Å². The number of rotatable bonds is 5. The Morgan fingerprint density at radius 2 is 1.87 bits per heavy atom. The second-order valence-corrected chi connectivity index (χ2v) is 8.81. The second-order valence-electron chi connectivity index (χ2n) is 8.81. The monoisotopic (exact) mass is 540 g/mol. The van der Waals surface area contributed by atoms with Crippen molar-refractivity contribution in [2.24, 2.45) is 0 Å². The molecule has 4 rings (SSSR count). The molecule has 11 nitrogen and oxygen atoms in total. The molecule has 2 amide bonds. The highest BCUT2D eigenvalue weighted by molar-refractivity contribution is 5.96. The Morgan fingerprint density at radius 3 is 2.55 bits per heavy atom. The summed E-state index contributed by atoms with van der Waals surface area (Å²) in [6.07, 6.45) is -3.45. The number of imidazole rings is 1. The Balaban J connectivity index is 1.72. The van der Waals surface area contributed by atoms with Gasteiger partial charge in [0.15, 0.2) is 5.82 Å². The summed E-state index contributed by atoms with van der Waals surface area (Å²) < 4.78 is 54.1. The van der Waals surface area contributed by atoms with Crippen LogP contribution in [0, 0.1) is 5.82 Å². The van der Waals surface area contributed by atoms with Crippen LogP contribution in [0.15, 0.2) is 18.3 Å². The van der Waals surface area contributed by atoms with Gasteiger partial charge >= 0.3 is 18.2 Å². The lowest BCUT2D eigenvalue weighted by atomic mass is 10.2. The quantitative estimate of drug-likeness (QED) is 0.376. The molecular weight excluding hydrogens is 512 g/mol. The maximum Gasteiger partial charge on any atom is 0.493 e. The number of nitrogens with one attached hydrogen (secondary N) is 2. The van der Waals surface area contributed by atoms with Crippen LogP contribution in [-0.4, -0.2) is 94.5 Å². The highest BCUT2D eigenvalue weighted by Gasteiger charge is 2.44. The van der Waals surface area contributed by atoms with Crippen LogP contribution in [0.4, 0.5) is 33.7 Å². The minimum Gasteiger partial charge on any atom is -0.368 e. The van der Waals surface area contributed by atoms with Crippen molar-refractivity contribution in [3.8, 4) is 11.5 Å². The van der Waals surface area contributed by atoms with E-state index < -0.39 is 24.0 Å². The molecular formula is C23H28F4N8O3. The molecule has 1 fully saturated rings. The zero-order valence-electron chi connectivity index (χ0n) is 21.1. The van der Waals surface area contributed by atoms with Gasteiger partial charge < -0.3 is 24.5 Å². The summed E-state index contributed by atoms with van der Waals surface area (Å²) in [6.45, 7) is 6.49. The lowest BCUT2D eigenvalue weighted by molar-refractivity contribution is -0.200. The first-order valence-corrected chi connectivity index (χ1v) is 12.1. The van der Waals surface area contributed by atoms with Crippen LogP contribution >= 0.6 is 0 Å². The zero-order chi connectivity index (χ0) is 27.6. The summed E-state index contributed by atoms with van der Waals surface area (Å²) in [7, 11) is 2.01. The average molecular weight is 541 g/mol. The summed E-state index contributed by atoms with van der Waals surface area (Å²) in [5, 5.41) is 6.62. The fraction of sp³-hybridized carbons (Fsp3) is 0.478. The number of halogens is 4. The molecule has 0 atom stereocenters. The Bertz CT molecular complexity index is 1300. The van der Waals surface area contributed by atoms with Gasteiger partial charge in [-0.1, -0.05) is 0 Å².